The van der Waals surface area contributed by atoms with E-state index in [9.17, 15) is 13.2 Å². The predicted molar refractivity (Wildman–Crippen MR) is 35.2 cm³/mol. The van der Waals surface area contributed by atoms with Gasteiger partial charge in [0.05, 0.1) is 12.5 Å². The number of alkyl halides is 3. The van der Waals surface area contributed by atoms with Gasteiger partial charge in [0.2, 0.25) is 0 Å². The minimum atomic E-state index is -4.27. The fourth-order valence-corrected chi connectivity index (χ4v) is 0.650. The van der Waals surface area contributed by atoms with Crippen molar-refractivity contribution < 1.29 is 18.3 Å². The summed E-state index contributed by atoms with van der Waals surface area (Å²) >= 11 is 0. The van der Waals surface area contributed by atoms with Crippen LogP contribution in [0, 0.1) is 0 Å². The molecule has 1 unspecified atom stereocenters. The van der Waals surface area contributed by atoms with E-state index in [-0.39, 0.29) is 6.54 Å². The molecule has 0 aliphatic rings. The highest BCUT2D eigenvalue weighted by molar-refractivity contribution is 4.63. The van der Waals surface area contributed by atoms with E-state index < -0.39 is 18.7 Å². The molecule has 0 aliphatic heterocycles. The van der Waals surface area contributed by atoms with Gasteiger partial charge in [-0.3, -0.25) is 0 Å². The van der Waals surface area contributed by atoms with Crippen molar-refractivity contribution in [3.63, 3.8) is 0 Å². The molecular weight excluding hydrogens is 159 g/mol. The van der Waals surface area contributed by atoms with Crippen LogP contribution in [0.25, 0.3) is 0 Å². The van der Waals surface area contributed by atoms with Crippen molar-refractivity contribution in [2.75, 3.05) is 13.1 Å². The van der Waals surface area contributed by atoms with Crippen molar-refractivity contribution in [3.8, 4) is 0 Å². The summed E-state index contributed by atoms with van der Waals surface area (Å²) in [7, 11) is 0. The molecule has 0 aromatic heterocycles. The highest BCUT2D eigenvalue weighted by atomic mass is 19.4. The van der Waals surface area contributed by atoms with Gasteiger partial charge in [0.15, 0.2) is 0 Å². The van der Waals surface area contributed by atoms with Gasteiger partial charge in [-0.1, -0.05) is 6.92 Å². The molecule has 0 bridgehead atoms. The first-order valence-corrected chi connectivity index (χ1v) is 3.41. The topological polar surface area (TPSA) is 32.3 Å². The number of aliphatic hydroxyl groups is 1. The van der Waals surface area contributed by atoms with Crippen molar-refractivity contribution in [2.45, 2.75) is 25.6 Å². The average molecular weight is 171 g/mol. The SMILES string of the molecule is CCNCC(O)CC(F)(F)F. The summed E-state index contributed by atoms with van der Waals surface area (Å²) in [5.74, 6) is 0. The predicted octanol–water partition coefficient (Wildman–Crippen LogP) is 0.909. The highest BCUT2D eigenvalue weighted by Crippen LogP contribution is 2.20. The highest BCUT2D eigenvalue weighted by Gasteiger charge is 2.30. The van der Waals surface area contributed by atoms with Crippen molar-refractivity contribution in [1.82, 2.24) is 5.32 Å². The lowest BCUT2D eigenvalue weighted by atomic mass is 10.2. The van der Waals surface area contributed by atoms with Crippen LogP contribution in [-0.4, -0.2) is 30.5 Å². The van der Waals surface area contributed by atoms with E-state index in [0.29, 0.717) is 6.54 Å². The minimum Gasteiger partial charge on any atom is -0.391 e. The van der Waals surface area contributed by atoms with Crippen molar-refractivity contribution in [2.24, 2.45) is 0 Å². The average Bonchev–Trinajstić information content (AvgIpc) is 1.79. The molecular formula is C6H12F3NO. The number of nitrogens with one attached hydrogen (secondary N) is 1. The summed E-state index contributed by atoms with van der Waals surface area (Å²) in [5.41, 5.74) is 0. The van der Waals surface area contributed by atoms with E-state index in [1.165, 1.54) is 0 Å². The Morgan fingerprint density at radius 2 is 2.00 bits per heavy atom. The normalized spacial score (nSPS) is 15.0. The van der Waals surface area contributed by atoms with Gasteiger partial charge in [-0.25, -0.2) is 0 Å². The lowest BCUT2D eigenvalue weighted by Crippen LogP contribution is -2.30. The first-order chi connectivity index (χ1) is 4.95. The Morgan fingerprint density at radius 3 is 2.36 bits per heavy atom. The standard InChI is InChI=1S/C6H12F3NO/c1-2-10-4-5(11)3-6(7,8)9/h5,10-11H,2-4H2,1H3. The quantitative estimate of drug-likeness (QED) is 0.659. The van der Waals surface area contributed by atoms with Crippen molar-refractivity contribution >= 4 is 0 Å². The molecule has 68 valence electrons. The second kappa shape index (κ2) is 4.56. The maximum atomic E-state index is 11.5. The Bertz CT molecular complexity index is 104. The van der Waals surface area contributed by atoms with E-state index >= 15 is 0 Å². The summed E-state index contributed by atoms with van der Waals surface area (Å²) in [6.45, 7) is 2.32. The zero-order chi connectivity index (χ0) is 8.91. The second-order valence-electron chi connectivity index (χ2n) is 2.28. The molecule has 0 aliphatic carbocycles. The van der Waals surface area contributed by atoms with E-state index in [0.717, 1.165) is 0 Å². The van der Waals surface area contributed by atoms with Crippen molar-refractivity contribution in [3.05, 3.63) is 0 Å². The molecule has 5 heteroatoms. The van der Waals surface area contributed by atoms with E-state index in [1.807, 2.05) is 0 Å². The van der Waals surface area contributed by atoms with Crippen LogP contribution in [0.5, 0.6) is 0 Å². The van der Waals surface area contributed by atoms with E-state index in [4.69, 9.17) is 5.11 Å². The molecule has 0 aromatic carbocycles. The molecule has 0 aromatic rings. The zero-order valence-corrected chi connectivity index (χ0v) is 6.28. The molecule has 2 nitrogen and oxygen atoms in total. The lowest BCUT2D eigenvalue weighted by molar-refractivity contribution is -0.152. The molecule has 0 spiro atoms. The van der Waals surface area contributed by atoms with Gasteiger partial charge in [-0.05, 0) is 6.54 Å². The third-order valence-electron chi connectivity index (χ3n) is 1.10. The molecule has 2 N–H and O–H groups in total. The molecule has 0 saturated heterocycles. The van der Waals surface area contributed by atoms with Gasteiger partial charge < -0.3 is 10.4 Å². The number of aliphatic hydroxyl groups excluding tert-OH is 1. The third-order valence-corrected chi connectivity index (χ3v) is 1.10. The largest absolute Gasteiger partial charge is 0.391 e. The first kappa shape index (κ1) is 10.7. The summed E-state index contributed by atoms with van der Waals surface area (Å²) in [5, 5.41) is 11.4. The molecule has 0 rings (SSSR count). The van der Waals surface area contributed by atoms with Crippen molar-refractivity contribution in [1.29, 1.82) is 0 Å². The summed E-state index contributed by atoms with van der Waals surface area (Å²) < 4.78 is 34.6. The Morgan fingerprint density at radius 1 is 1.45 bits per heavy atom. The van der Waals surface area contributed by atoms with Gasteiger partial charge >= 0.3 is 6.18 Å². The fraction of sp³-hybridized carbons (Fsp3) is 1.00. The maximum Gasteiger partial charge on any atom is 0.391 e. The van der Waals surface area contributed by atoms with Crippen LogP contribution in [0.4, 0.5) is 13.2 Å². The molecule has 0 radical (unpaired) electrons. The van der Waals surface area contributed by atoms with Gasteiger partial charge in [-0.15, -0.1) is 0 Å². The smallest absolute Gasteiger partial charge is 0.391 e. The second-order valence-corrected chi connectivity index (χ2v) is 2.28. The van der Waals surface area contributed by atoms with Crippen LogP contribution in [0.3, 0.4) is 0 Å². The molecule has 11 heavy (non-hydrogen) atoms. The summed E-state index contributed by atoms with van der Waals surface area (Å²) in [6, 6.07) is 0. The van der Waals surface area contributed by atoms with Crippen LogP contribution < -0.4 is 5.32 Å². The monoisotopic (exact) mass is 171 g/mol. The first-order valence-electron chi connectivity index (χ1n) is 3.41. The third kappa shape index (κ3) is 7.61. The molecule has 0 amide bonds. The molecule has 1 atom stereocenters. The van der Waals surface area contributed by atoms with Crippen LogP contribution >= 0.6 is 0 Å². The Kier molecular flexibility index (Phi) is 4.44. The minimum absolute atomic E-state index is 0.00396. The van der Waals surface area contributed by atoms with Crippen LogP contribution in [0.2, 0.25) is 0 Å². The van der Waals surface area contributed by atoms with Gasteiger partial charge in [0, 0.05) is 6.54 Å². The van der Waals surface area contributed by atoms with Crippen LogP contribution in [-0.2, 0) is 0 Å². The number of rotatable bonds is 4. The van der Waals surface area contributed by atoms with E-state index in [1.54, 1.807) is 6.92 Å². The Balaban J connectivity index is 3.44. The maximum absolute atomic E-state index is 11.5. The number of likely N-dealkylation sites (N-methyl/N-ethyl adjacent to an activating group) is 1. The zero-order valence-electron chi connectivity index (χ0n) is 6.28. The van der Waals surface area contributed by atoms with Gasteiger partial charge in [0.25, 0.3) is 0 Å². The molecule has 0 fully saturated rings. The lowest BCUT2D eigenvalue weighted by Gasteiger charge is -2.12. The van der Waals surface area contributed by atoms with Gasteiger partial charge in [0.1, 0.15) is 0 Å². The van der Waals surface area contributed by atoms with Gasteiger partial charge in [-0.2, -0.15) is 13.2 Å². The number of hydrogen-bond acceptors (Lipinski definition) is 2. The molecule has 0 heterocycles. The van der Waals surface area contributed by atoms with Crippen LogP contribution in [0.1, 0.15) is 13.3 Å². The fourth-order valence-electron chi connectivity index (χ4n) is 0.650. The summed E-state index contributed by atoms with van der Waals surface area (Å²) in [6.07, 6.45) is -6.73. The Hall–Kier alpha value is -0.290. The van der Waals surface area contributed by atoms with E-state index in [2.05, 4.69) is 5.32 Å². The number of hydrogen-bond donors (Lipinski definition) is 2. The number of halogens is 3. The summed E-state index contributed by atoms with van der Waals surface area (Å²) in [4.78, 5) is 0. The van der Waals surface area contributed by atoms with Crippen LogP contribution in [0.15, 0.2) is 0 Å². The Labute approximate surface area is 63.4 Å². The molecule has 0 saturated carbocycles.